The maximum atomic E-state index is 12.0. The fraction of sp³-hybridized carbons (Fsp3) is 0.300. The van der Waals surface area contributed by atoms with Gasteiger partial charge in [-0.3, -0.25) is 0 Å². The number of aromatic carboxylic acids is 1. The molecule has 18 heavy (non-hydrogen) atoms. The van der Waals surface area contributed by atoms with E-state index in [0.29, 0.717) is 0 Å². The van der Waals surface area contributed by atoms with Crippen LogP contribution in [-0.2, 0) is 0 Å². The van der Waals surface area contributed by atoms with E-state index in [-0.39, 0.29) is 15.8 Å². The van der Waals surface area contributed by atoms with Gasteiger partial charge in [0.2, 0.25) is 0 Å². The molecule has 100 valence electrons. The molecule has 0 aromatic heterocycles. The van der Waals surface area contributed by atoms with Crippen LogP contribution in [0.2, 0.25) is 0 Å². The van der Waals surface area contributed by atoms with Crippen molar-refractivity contribution in [3.63, 3.8) is 0 Å². The molecule has 1 atom stereocenters. The van der Waals surface area contributed by atoms with Gasteiger partial charge in [-0.05, 0) is 34.1 Å². The molecule has 0 aliphatic rings. The van der Waals surface area contributed by atoms with Gasteiger partial charge in [-0.2, -0.15) is 13.2 Å². The molecule has 0 aliphatic heterocycles. The first kappa shape index (κ1) is 14.8. The predicted octanol–water partition coefficient (Wildman–Crippen LogP) is 2.45. The van der Waals surface area contributed by atoms with Crippen molar-refractivity contribution in [2.75, 3.05) is 6.61 Å². The van der Waals surface area contributed by atoms with E-state index < -0.39 is 24.9 Å². The average Bonchev–Trinajstić information content (AvgIpc) is 2.25. The van der Waals surface area contributed by atoms with Crippen molar-refractivity contribution in [3.8, 4) is 5.75 Å². The molecule has 8 heteroatoms. The predicted molar refractivity (Wildman–Crippen MR) is 58.7 cm³/mol. The van der Waals surface area contributed by atoms with Crippen LogP contribution in [0.1, 0.15) is 10.4 Å². The third-order valence-corrected chi connectivity index (χ3v) is 2.65. The molecule has 0 saturated carbocycles. The van der Waals surface area contributed by atoms with Gasteiger partial charge in [-0.15, -0.1) is 0 Å². The molecule has 0 spiro atoms. The monoisotopic (exact) mass is 328 g/mol. The van der Waals surface area contributed by atoms with Crippen LogP contribution in [0.15, 0.2) is 22.7 Å². The van der Waals surface area contributed by atoms with Crippen molar-refractivity contribution in [2.45, 2.75) is 12.3 Å². The number of carboxylic acids is 1. The number of carboxylic acid groups (broad SMARTS) is 1. The molecule has 4 nitrogen and oxygen atoms in total. The van der Waals surface area contributed by atoms with Crippen molar-refractivity contribution < 1.29 is 32.9 Å². The van der Waals surface area contributed by atoms with E-state index in [0.717, 1.165) is 6.07 Å². The molecule has 0 bridgehead atoms. The summed E-state index contributed by atoms with van der Waals surface area (Å²) in [5.74, 6) is -1.32. The summed E-state index contributed by atoms with van der Waals surface area (Å²) < 4.78 is 40.9. The molecule has 0 fully saturated rings. The lowest BCUT2D eigenvalue weighted by Gasteiger charge is -2.15. The van der Waals surface area contributed by atoms with Crippen LogP contribution < -0.4 is 4.74 Å². The van der Waals surface area contributed by atoms with E-state index in [2.05, 4.69) is 20.7 Å². The number of aliphatic hydroxyl groups excluding tert-OH is 1. The van der Waals surface area contributed by atoms with Gasteiger partial charge in [0.25, 0.3) is 0 Å². The molecule has 0 saturated heterocycles. The molecule has 1 unspecified atom stereocenters. The fourth-order valence-electron chi connectivity index (χ4n) is 1.03. The normalized spacial score (nSPS) is 13.2. The summed E-state index contributed by atoms with van der Waals surface area (Å²) in [7, 11) is 0. The Bertz CT molecular complexity index is 447. The van der Waals surface area contributed by atoms with Gasteiger partial charge in [0, 0.05) is 4.47 Å². The van der Waals surface area contributed by atoms with Gasteiger partial charge in [0.1, 0.15) is 12.4 Å². The maximum absolute atomic E-state index is 12.0. The van der Waals surface area contributed by atoms with Crippen molar-refractivity contribution in [1.29, 1.82) is 0 Å². The molecular weight excluding hydrogens is 321 g/mol. The Balaban J connectivity index is 2.75. The van der Waals surface area contributed by atoms with E-state index in [4.69, 9.17) is 10.2 Å². The Morgan fingerprint density at radius 1 is 1.44 bits per heavy atom. The minimum absolute atomic E-state index is 0.0705. The average molecular weight is 329 g/mol. The summed E-state index contributed by atoms with van der Waals surface area (Å²) in [6.07, 6.45) is -7.39. The third kappa shape index (κ3) is 3.88. The van der Waals surface area contributed by atoms with Crippen LogP contribution in [0.4, 0.5) is 13.2 Å². The molecule has 0 heterocycles. The van der Waals surface area contributed by atoms with E-state index in [9.17, 15) is 18.0 Å². The summed E-state index contributed by atoms with van der Waals surface area (Å²) in [6, 6.07) is 3.69. The number of hydrogen-bond donors (Lipinski definition) is 2. The van der Waals surface area contributed by atoms with Gasteiger partial charge in [0.05, 0.1) is 5.56 Å². The summed E-state index contributed by atoms with van der Waals surface area (Å²) in [4.78, 5) is 10.8. The molecule has 2 N–H and O–H groups in total. The summed E-state index contributed by atoms with van der Waals surface area (Å²) in [5.41, 5.74) is -0.144. The number of carbonyl (C=O) groups is 1. The molecule has 0 aliphatic carbocycles. The fourth-order valence-corrected chi connectivity index (χ4v) is 1.44. The molecule has 1 aromatic carbocycles. The number of halogens is 4. The number of alkyl halides is 3. The van der Waals surface area contributed by atoms with Gasteiger partial charge in [0.15, 0.2) is 6.10 Å². The number of rotatable bonds is 4. The van der Waals surface area contributed by atoms with Crippen LogP contribution in [0.25, 0.3) is 0 Å². The SMILES string of the molecule is O=C(O)c1cc(OCC(O)C(F)(F)F)ccc1Br. The zero-order chi connectivity index (χ0) is 13.9. The second-order valence-electron chi connectivity index (χ2n) is 3.32. The molecule has 0 amide bonds. The lowest BCUT2D eigenvalue weighted by Crippen LogP contribution is -2.34. The number of benzene rings is 1. The standard InChI is InChI=1S/C10H8BrF3O4/c11-7-2-1-5(3-6(7)9(16)17)18-4-8(15)10(12,13)14/h1-3,8,15H,4H2,(H,16,17). The van der Waals surface area contributed by atoms with Crippen molar-refractivity contribution in [1.82, 2.24) is 0 Å². The largest absolute Gasteiger partial charge is 0.490 e. The molecular formula is C10H8BrF3O4. The zero-order valence-corrected chi connectivity index (χ0v) is 10.3. The highest BCUT2D eigenvalue weighted by Gasteiger charge is 2.38. The Labute approximate surface area is 108 Å². The van der Waals surface area contributed by atoms with Crippen LogP contribution in [-0.4, -0.2) is 35.1 Å². The first-order chi connectivity index (χ1) is 8.21. The topological polar surface area (TPSA) is 66.8 Å². The maximum Gasteiger partial charge on any atom is 0.417 e. The van der Waals surface area contributed by atoms with E-state index in [1.165, 1.54) is 12.1 Å². The number of aliphatic hydroxyl groups is 1. The van der Waals surface area contributed by atoms with Crippen LogP contribution in [0.3, 0.4) is 0 Å². The highest BCUT2D eigenvalue weighted by molar-refractivity contribution is 9.10. The Hall–Kier alpha value is -1.28. The van der Waals surface area contributed by atoms with Crippen LogP contribution in [0, 0.1) is 0 Å². The molecule has 1 aromatic rings. The minimum atomic E-state index is -4.77. The van der Waals surface area contributed by atoms with Gasteiger partial charge in [-0.1, -0.05) is 0 Å². The number of ether oxygens (including phenoxy) is 1. The van der Waals surface area contributed by atoms with Gasteiger partial charge < -0.3 is 14.9 Å². The second-order valence-corrected chi connectivity index (χ2v) is 4.17. The highest BCUT2D eigenvalue weighted by atomic mass is 79.9. The van der Waals surface area contributed by atoms with Crippen molar-refractivity contribution >= 4 is 21.9 Å². The summed E-state index contributed by atoms with van der Waals surface area (Å²) in [5, 5.41) is 17.5. The van der Waals surface area contributed by atoms with Crippen LogP contribution in [0.5, 0.6) is 5.75 Å². The lowest BCUT2D eigenvalue weighted by atomic mass is 10.2. The van der Waals surface area contributed by atoms with Gasteiger partial charge in [-0.25, -0.2) is 4.79 Å². The van der Waals surface area contributed by atoms with Crippen molar-refractivity contribution in [2.24, 2.45) is 0 Å². The minimum Gasteiger partial charge on any atom is -0.490 e. The lowest BCUT2D eigenvalue weighted by molar-refractivity contribution is -0.210. The second kappa shape index (κ2) is 5.57. The van der Waals surface area contributed by atoms with Gasteiger partial charge >= 0.3 is 12.1 Å². The first-order valence-corrected chi connectivity index (χ1v) is 5.41. The Kier molecular flexibility index (Phi) is 4.58. The first-order valence-electron chi connectivity index (χ1n) is 4.62. The highest BCUT2D eigenvalue weighted by Crippen LogP contribution is 2.24. The molecule has 0 radical (unpaired) electrons. The van der Waals surface area contributed by atoms with E-state index in [1.807, 2.05) is 0 Å². The summed E-state index contributed by atoms with van der Waals surface area (Å²) in [6.45, 7) is -0.996. The quantitative estimate of drug-likeness (QED) is 0.891. The van der Waals surface area contributed by atoms with Crippen LogP contribution >= 0.6 is 15.9 Å². The molecule has 1 rings (SSSR count). The number of hydrogen-bond acceptors (Lipinski definition) is 3. The summed E-state index contributed by atoms with van der Waals surface area (Å²) >= 11 is 2.98. The Morgan fingerprint density at radius 2 is 2.06 bits per heavy atom. The third-order valence-electron chi connectivity index (χ3n) is 1.95. The smallest absolute Gasteiger partial charge is 0.417 e. The van der Waals surface area contributed by atoms with E-state index >= 15 is 0 Å². The Morgan fingerprint density at radius 3 is 2.56 bits per heavy atom. The van der Waals surface area contributed by atoms with Crippen molar-refractivity contribution in [3.05, 3.63) is 28.2 Å². The zero-order valence-electron chi connectivity index (χ0n) is 8.74. The van der Waals surface area contributed by atoms with E-state index in [1.54, 1.807) is 0 Å².